The van der Waals surface area contributed by atoms with Gasteiger partial charge in [0.05, 0.1) is 18.3 Å². The SMILES string of the molecule is Cc1noc(C)c1CN(C)C(=O)C(N)Cc1ccccc1. The molecule has 21 heavy (non-hydrogen) atoms. The van der Waals surface area contributed by atoms with Gasteiger partial charge >= 0.3 is 0 Å². The van der Waals surface area contributed by atoms with Crippen molar-refractivity contribution in [3.8, 4) is 0 Å². The quantitative estimate of drug-likeness (QED) is 0.910. The van der Waals surface area contributed by atoms with Crippen LogP contribution in [0.3, 0.4) is 0 Å². The topological polar surface area (TPSA) is 72.4 Å². The first-order chi connectivity index (χ1) is 9.99. The lowest BCUT2D eigenvalue weighted by molar-refractivity contribution is -0.131. The molecule has 1 aromatic carbocycles. The summed E-state index contributed by atoms with van der Waals surface area (Å²) < 4.78 is 5.11. The minimum atomic E-state index is -0.544. The Bertz CT molecular complexity index is 588. The first-order valence-electron chi connectivity index (χ1n) is 6.95. The molecule has 5 heteroatoms. The maximum absolute atomic E-state index is 12.3. The molecule has 1 amide bonds. The fourth-order valence-electron chi connectivity index (χ4n) is 2.28. The number of aryl methyl sites for hydroxylation is 2. The number of hydrogen-bond donors (Lipinski definition) is 1. The number of rotatable bonds is 5. The normalized spacial score (nSPS) is 12.2. The van der Waals surface area contributed by atoms with Crippen LogP contribution >= 0.6 is 0 Å². The van der Waals surface area contributed by atoms with E-state index in [-0.39, 0.29) is 5.91 Å². The summed E-state index contributed by atoms with van der Waals surface area (Å²) in [6.45, 7) is 4.17. The van der Waals surface area contributed by atoms with Gasteiger partial charge in [-0.3, -0.25) is 4.79 Å². The zero-order valence-corrected chi connectivity index (χ0v) is 12.7. The van der Waals surface area contributed by atoms with Gasteiger partial charge in [0.15, 0.2) is 0 Å². The summed E-state index contributed by atoms with van der Waals surface area (Å²) in [5.74, 6) is 0.655. The summed E-state index contributed by atoms with van der Waals surface area (Å²) in [6, 6.07) is 9.24. The minimum Gasteiger partial charge on any atom is -0.361 e. The zero-order valence-electron chi connectivity index (χ0n) is 12.7. The fraction of sp³-hybridized carbons (Fsp3) is 0.375. The van der Waals surface area contributed by atoms with E-state index in [0.717, 1.165) is 22.6 Å². The van der Waals surface area contributed by atoms with E-state index < -0.39 is 6.04 Å². The highest BCUT2D eigenvalue weighted by atomic mass is 16.5. The van der Waals surface area contributed by atoms with Crippen molar-refractivity contribution in [3.63, 3.8) is 0 Å². The maximum Gasteiger partial charge on any atom is 0.239 e. The second kappa shape index (κ2) is 6.54. The smallest absolute Gasteiger partial charge is 0.239 e. The maximum atomic E-state index is 12.3. The van der Waals surface area contributed by atoms with E-state index in [1.807, 2.05) is 44.2 Å². The Kier molecular flexibility index (Phi) is 4.75. The van der Waals surface area contributed by atoms with E-state index in [1.54, 1.807) is 11.9 Å². The van der Waals surface area contributed by atoms with Gasteiger partial charge < -0.3 is 15.2 Å². The Morgan fingerprint density at radius 3 is 2.57 bits per heavy atom. The van der Waals surface area contributed by atoms with Crippen molar-refractivity contribution in [3.05, 3.63) is 52.9 Å². The van der Waals surface area contributed by atoms with Crippen molar-refractivity contribution in [2.45, 2.75) is 32.9 Å². The summed E-state index contributed by atoms with van der Waals surface area (Å²) in [5.41, 5.74) is 8.84. The lowest BCUT2D eigenvalue weighted by Crippen LogP contribution is -2.42. The highest BCUT2D eigenvalue weighted by Crippen LogP contribution is 2.15. The van der Waals surface area contributed by atoms with Crippen LogP contribution in [0.4, 0.5) is 0 Å². The lowest BCUT2D eigenvalue weighted by Gasteiger charge is -2.21. The van der Waals surface area contributed by atoms with Crippen molar-refractivity contribution in [2.24, 2.45) is 5.73 Å². The van der Waals surface area contributed by atoms with Crippen LogP contribution in [-0.2, 0) is 17.8 Å². The van der Waals surface area contributed by atoms with Gasteiger partial charge in [0.25, 0.3) is 0 Å². The largest absolute Gasteiger partial charge is 0.361 e. The molecule has 0 aliphatic heterocycles. The van der Waals surface area contributed by atoms with E-state index in [1.165, 1.54) is 0 Å². The number of likely N-dealkylation sites (N-methyl/N-ethyl adjacent to an activating group) is 1. The van der Waals surface area contributed by atoms with Crippen LogP contribution in [0.15, 0.2) is 34.9 Å². The molecule has 1 atom stereocenters. The number of aromatic nitrogens is 1. The van der Waals surface area contributed by atoms with Gasteiger partial charge in [0, 0.05) is 12.6 Å². The number of benzene rings is 1. The van der Waals surface area contributed by atoms with Crippen LogP contribution in [0, 0.1) is 13.8 Å². The van der Waals surface area contributed by atoms with Gasteiger partial charge in [-0.2, -0.15) is 0 Å². The number of nitrogens with two attached hydrogens (primary N) is 1. The highest BCUT2D eigenvalue weighted by Gasteiger charge is 2.21. The van der Waals surface area contributed by atoms with Crippen molar-refractivity contribution in [1.82, 2.24) is 10.1 Å². The molecule has 1 aromatic heterocycles. The summed E-state index contributed by atoms with van der Waals surface area (Å²) in [4.78, 5) is 14.0. The second-order valence-corrected chi connectivity index (χ2v) is 5.29. The molecule has 0 spiro atoms. The predicted octanol–water partition coefficient (Wildman–Crippen LogP) is 1.82. The third-order valence-electron chi connectivity index (χ3n) is 3.57. The van der Waals surface area contributed by atoms with Crippen LogP contribution in [0.5, 0.6) is 0 Å². The predicted molar refractivity (Wildman–Crippen MR) is 80.6 cm³/mol. The van der Waals surface area contributed by atoms with Crippen molar-refractivity contribution in [1.29, 1.82) is 0 Å². The molecule has 112 valence electrons. The molecule has 0 bridgehead atoms. The number of carbonyl (C=O) groups is 1. The summed E-state index contributed by atoms with van der Waals surface area (Å²) in [7, 11) is 1.75. The third kappa shape index (κ3) is 3.70. The fourth-order valence-corrected chi connectivity index (χ4v) is 2.28. The number of nitrogens with zero attached hydrogens (tertiary/aromatic N) is 2. The summed E-state index contributed by atoms with van der Waals surface area (Å²) in [5, 5.41) is 3.90. The first-order valence-corrected chi connectivity index (χ1v) is 6.95. The van der Waals surface area contributed by atoms with Crippen LogP contribution in [0.2, 0.25) is 0 Å². The third-order valence-corrected chi connectivity index (χ3v) is 3.57. The van der Waals surface area contributed by atoms with Gasteiger partial charge in [-0.25, -0.2) is 0 Å². The Morgan fingerprint density at radius 1 is 1.33 bits per heavy atom. The summed E-state index contributed by atoms with van der Waals surface area (Å²) >= 11 is 0. The van der Waals surface area contributed by atoms with Gasteiger partial charge in [0.1, 0.15) is 5.76 Å². The molecule has 0 fully saturated rings. The molecule has 0 aliphatic rings. The highest BCUT2D eigenvalue weighted by molar-refractivity contribution is 5.81. The number of carbonyl (C=O) groups excluding carboxylic acids is 1. The van der Waals surface area contributed by atoms with Crippen molar-refractivity contribution < 1.29 is 9.32 Å². The second-order valence-electron chi connectivity index (χ2n) is 5.29. The van der Waals surface area contributed by atoms with E-state index in [2.05, 4.69) is 5.16 Å². The molecule has 1 unspecified atom stereocenters. The van der Waals surface area contributed by atoms with Crippen LogP contribution < -0.4 is 5.73 Å². The molecule has 0 saturated heterocycles. The molecule has 1 heterocycles. The average Bonchev–Trinajstić information content (AvgIpc) is 2.79. The monoisotopic (exact) mass is 287 g/mol. The van der Waals surface area contributed by atoms with Gasteiger partial charge in [-0.15, -0.1) is 0 Å². The van der Waals surface area contributed by atoms with Crippen LogP contribution in [0.1, 0.15) is 22.6 Å². The Morgan fingerprint density at radius 2 is 2.00 bits per heavy atom. The Balaban J connectivity index is 1.99. The Hall–Kier alpha value is -2.14. The Labute approximate surface area is 124 Å². The molecule has 5 nitrogen and oxygen atoms in total. The lowest BCUT2D eigenvalue weighted by atomic mass is 10.1. The number of amides is 1. The minimum absolute atomic E-state index is 0.0844. The van der Waals surface area contributed by atoms with Crippen LogP contribution in [-0.4, -0.2) is 29.1 Å². The zero-order chi connectivity index (χ0) is 15.4. The van der Waals surface area contributed by atoms with E-state index in [9.17, 15) is 4.79 Å². The van der Waals surface area contributed by atoms with Crippen molar-refractivity contribution in [2.75, 3.05) is 7.05 Å². The molecular weight excluding hydrogens is 266 g/mol. The molecule has 0 radical (unpaired) electrons. The average molecular weight is 287 g/mol. The molecule has 0 saturated carbocycles. The van der Waals surface area contributed by atoms with Crippen LogP contribution in [0.25, 0.3) is 0 Å². The van der Waals surface area contributed by atoms with E-state index in [4.69, 9.17) is 10.3 Å². The molecule has 2 aromatic rings. The molecular formula is C16H21N3O2. The van der Waals surface area contributed by atoms with Crippen molar-refractivity contribution >= 4 is 5.91 Å². The van der Waals surface area contributed by atoms with Gasteiger partial charge in [-0.1, -0.05) is 35.5 Å². The molecule has 2 rings (SSSR count). The van der Waals surface area contributed by atoms with E-state index in [0.29, 0.717) is 13.0 Å². The molecule has 2 N–H and O–H groups in total. The molecule has 0 aliphatic carbocycles. The van der Waals surface area contributed by atoms with Gasteiger partial charge in [-0.05, 0) is 25.8 Å². The summed E-state index contributed by atoms with van der Waals surface area (Å²) in [6.07, 6.45) is 0.533. The van der Waals surface area contributed by atoms with Gasteiger partial charge in [0.2, 0.25) is 5.91 Å². The standard InChI is InChI=1S/C16H21N3O2/c1-11-14(12(2)21-18-11)10-19(3)16(20)15(17)9-13-7-5-4-6-8-13/h4-8,15H,9-10,17H2,1-3H3. The number of hydrogen-bond acceptors (Lipinski definition) is 4. The first kappa shape index (κ1) is 15.3. The van der Waals surface area contributed by atoms with E-state index >= 15 is 0 Å².